The SMILES string of the molecule is CSc1c(C)c(S)cc2ccsc12. The van der Waals surface area contributed by atoms with Gasteiger partial charge in [-0.2, -0.15) is 0 Å². The van der Waals surface area contributed by atoms with Gasteiger partial charge < -0.3 is 0 Å². The van der Waals surface area contributed by atoms with E-state index >= 15 is 0 Å². The van der Waals surface area contributed by atoms with Gasteiger partial charge in [-0.3, -0.25) is 0 Å². The molecule has 2 aromatic rings. The Hall–Kier alpha value is -0.120. The molecule has 0 amide bonds. The molecule has 0 bridgehead atoms. The summed E-state index contributed by atoms with van der Waals surface area (Å²) in [5.41, 5.74) is 1.30. The van der Waals surface area contributed by atoms with E-state index in [1.54, 1.807) is 23.1 Å². The number of hydrogen-bond donors (Lipinski definition) is 1. The van der Waals surface area contributed by atoms with Crippen LogP contribution >= 0.6 is 35.7 Å². The van der Waals surface area contributed by atoms with Gasteiger partial charge in [-0.15, -0.1) is 35.7 Å². The topological polar surface area (TPSA) is 0 Å². The average Bonchev–Trinajstić information content (AvgIpc) is 2.54. The highest BCUT2D eigenvalue weighted by Gasteiger charge is 2.07. The molecule has 0 unspecified atom stereocenters. The molecule has 0 nitrogen and oxygen atoms in total. The number of thioether (sulfide) groups is 1. The van der Waals surface area contributed by atoms with Crippen LogP contribution in [0.3, 0.4) is 0 Å². The Morgan fingerprint density at radius 1 is 1.46 bits per heavy atom. The van der Waals surface area contributed by atoms with E-state index < -0.39 is 0 Å². The van der Waals surface area contributed by atoms with E-state index in [0.717, 1.165) is 4.90 Å². The Balaban J connectivity index is 2.87. The van der Waals surface area contributed by atoms with Gasteiger partial charge in [0.25, 0.3) is 0 Å². The Morgan fingerprint density at radius 2 is 2.23 bits per heavy atom. The van der Waals surface area contributed by atoms with E-state index in [1.807, 2.05) is 0 Å². The second-order valence-corrected chi connectivity index (χ2v) is 5.11. The van der Waals surface area contributed by atoms with Gasteiger partial charge in [0.2, 0.25) is 0 Å². The molecule has 1 aromatic carbocycles. The van der Waals surface area contributed by atoms with Crippen molar-refractivity contribution in [1.82, 2.24) is 0 Å². The number of thiophene rings is 1. The maximum atomic E-state index is 4.46. The predicted octanol–water partition coefficient (Wildman–Crippen LogP) is 4.22. The fraction of sp³-hybridized carbons (Fsp3) is 0.200. The van der Waals surface area contributed by atoms with Gasteiger partial charge in [-0.25, -0.2) is 0 Å². The van der Waals surface area contributed by atoms with Gasteiger partial charge in [-0.05, 0) is 41.6 Å². The van der Waals surface area contributed by atoms with Gasteiger partial charge in [0.1, 0.15) is 0 Å². The first kappa shape index (κ1) is 9.44. The number of hydrogen-bond acceptors (Lipinski definition) is 3. The third-order valence-corrected chi connectivity index (χ3v) is 4.58. The van der Waals surface area contributed by atoms with Crippen molar-refractivity contribution in [3.8, 4) is 0 Å². The van der Waals surface area contributed by atoms with Crippen molar-refractivity contribution in [2.24, 2.45) is 0 Å². The Bertz CT molecular complexity index is 443. The maximum absolute atomic E-state index is 4.46. The summed E-state index contributed by atoms with van der Waals surface area (Å²) >= 11 is 8.08. The van der Waals surface area contributed by atoms with Gasteiger partial charge in [-0.1, -0.05) is 0 Å². The average molecular weight is 226 g/mol. The van der Waals surface area contributed by atoms with Gasteiger partial charge in [0.15, 0.2) is 0 Å². The normalized spacial score (nSPS) is 11.0. The molecule has 0 saturated heterocycles. The lowest BCUT2D eigenvalue weighted by Gasteiger charge is -2.06. The van der Waals surface area contributed by atoms with Crippen LogP contribution in [-0.2, 0) is 0 Å². The summed E-state index contributed by atoms with van der Waals surface area (Å²) in [5, 5.41) is 3.45. The van der Waals surface area contributed by atoms with E-state index in [0.29, 0.717) is 0 Å². The molecule has 0 atom stereocenters. The summed E-state index contributed by atoms with van der Waals surface area (Å²) in [5.74, 6) is 0. The second kappa shape index (κ2) is 3.56. The Morgan fingerprint density at radius 3 is 2.92 bits per heavy atom. The van der Waals surface area contributed by atoms with Crippen molar-refractivity contribution < 1.29 is 0 Å². The van der Waals surface area contributed by atoms with Crippen molar-refractivity contribution in [3.63, 3.8) is 0 Å². The van der Waals surface area contributed by atoms with Crippen LogP contribution in [0.4, 0.5) is 0 Å². The van der Waals surface area contributed by atoms with Crippen LogP contribution in [0.5, 0.6) is 0 Å². The van der Waals surface area contributed by atoms with Crippen LogP contribution in [0.15, 0.2) is 27.3 Å². The zero-order valence-electron chi connectivity index (χ0n) is 7.50. The van der Waals surface area contributed by atoms with Crippen molar-refractivity contribution in [2.75, 3.05) is 6.26 Å². The number of benzene rings is 1. The van der Waals surface area contributed by atoms with Crippen molar-refractivity contribution in [3.05, 3.63) is 23.1 Å². The lowest BCUT2D eigenvalue weighted by atomic mass is 10.2. The molecule has 0 aliphatic rings. The highest BCUT2D eigenvalue weighted by atomic mass is 32.2. The highest BCUT2D eigenvalue weighted by molar-refractivity contribution is 7.99. The molecule has 0 aliphatic heterocycles. The molecule has 3 heteroatoms. The number of fused-ring (bicyclic) bond motifs is 1. The van der Waals surface area contributed by atoms with Gasteiger partial charge in [0, 0.05) is 14.5 Å². The first-order valence-electron chi connectivity index (χ1n) is 3.98. The monoisotopic (exact) mass is 226 g/mol. The lowest BCUT2D eigenvalue weighted by molar-refractivity contribution is 1.25. The quantitative estimate of drug-likeness (QED) is 0.561. The Kier molecular flexibility index (Phi) is 2.58. The molecule has 1 heterocycles. The molecule has 1 aromatic heterocycles. The molecule has 2 rings (SSSR count). The van der Waals surface area contributed by atoms with E-state index in [9.17, 15) is 0 Å². The largest absolute Gasteiger partial charge is 0.143 e. The minimum atomic E-state index is 1.09. The Labute approximate surface area is 91.8 Å². The molecular weight excluding hydrogens is 216 g/mol. The summed E-state index contributed by atoms with van der Waals surface area (Å²) in [6.07, 6.45) is 2.12. The molecule has 0 aliphatic carbocycles. The number of thiol groups is 1. The smallest absolute Gasteiger partial charge is 0.0481 e. The van der Waals surface area contributed by atoms with Gasteiger partial charge >= 0.3 is 0 Å². The summed E-state index contributed by atoms with van der Waals surface area (Å²) in [6.45, 7) is 2.13. The van der Waals surface area contributed by atoms with Crippen LogP contribution in [0, 0.1) is 6.92 Å². The summed E-state index contributed by atoms with van der Waals surface area (Å²) < 4.78 is 1.39. The van der Waals surface area contributed by atoms with E-state index in [4.69, 9.17) is 0 Å². The zero-order chi connectivity index (χ0) is 9.42. The minimum Gasteiger partial charge on any atom is -0.143 e. The zero-order valence-corrected chi connectivity index (χ0v) is 10.0. The molecule has 0 radical (unpaired) electrons. The van der Waals surface area contributed by atoms with E-state index in [2.05, 4.69) is 43.3 Å². The van der Waals surface area contributed by atoms with Crippen LogP contribution in [0.2, 0.25) is 0 Å². The minimum absolute atomic E-state index is 1.09. The van der Waals surface area contributed by atoms with E-state index in [-0.39, 0.29) is 0 Å². The summed E-state index contributed by atoms with van der Waals surface area (Å²) in [7, 11) is 0. The highest BCUT2D eigenvalue weighted by Crippen LogP contribution is 2.36. The molecule has 0 spiro atoms. The van der Waals surface area contributed by atoms with Crippen LogP contribution in [0.1, 0.15) is 5.56 Å². The van der Waals surface area contributed by atoms with Gasteiger partial charge in [0.05, 0.1) is 0 Å². The van der Waals surface area contributed by atoms with Crippen molar-refractivity contribution in [2.45, 2.75) is 16.7 Å². The van der Waals surface area contributed by atoms with Crippen LogP contribution in [-0.4, -0.2) is 6.26 Å². The van der Waals surface area contributed by atoms with Crippen molar-refractivity contribution in [1.29, 1.82) is 0 Å². The first-order chi connectivity index (χ1) is 6.24. The van der Waals surface area contributed by atoms with Crippen LogP contribution < -0.4 is 0 Å². The first-order valence-corrected chi connectivity index (χ1v) is 6.53. The molecular formula is C10H10S3. The fourth-order valence-corrected chi connectivity index (χ4v) is 3.72. The fourth-order valence-electron chi connectivity index (χ4n) is 1.41. The lowest BCUT2D eigenvalue weighted by Crippen LogP contribution is -1.81. The molecule has 68 valence electrons. The van der Waals surface area contributed by atoms with E-state index in [1.165, 1.54) is 20.5 Å². The third-order valence-electron chi connectivity index (χ3n) is 2.12. The van der Waals surface area contributed by atoms with Crippen molar-refractivity contribution >= 4 is 45.8 Å². The third kappa shape index (κ3) is 1.49. The molecule has 0 saturated carbocycles. The molecule has 0 fully saturated rings. The number of rotatable bonds is 1. The molecule has 0 N–H and O–H groups in total. The maximum Gasteiger partial charge on any atom is 0.0481 e. The summed E-state index contributed by atoms with van der Waals surface area (Å²) in [4.78, 5) is 2.47. The predicted molar refractivity (Wildman–Crippen MR) is 65.6 cm³/mol. The van der Waals surface area contributed by atoms with Crippen LogP contribution in [0.25, 0.3) is 10.1 Å². The standard InChI is InChI=1S/C10H10S3/c1-6-8(11)5-7-3-4-13-10(7)9(6)12-2/h3-5,11H,1-2H3. The summed E-state index contributed by atoms with van der Waals surface area (Å²) in [6, 6.07) is 4.29. The molecule has 13 heavy (non-hydrogen) atoms. The second-order valence-electron chi connectivity index (χ2n) is 2.89.